The van der Waals surface area contributed by atoms with Crippen molar-refractivity contribution in [2.45, 2.75) is 109 Å². The summed E-state index contributed by atoms with van der Waals surface area (Å²) in [7, 11) is 0. The number of carboxylic acid groups (broad SMARTS) is 3. The molecule has 3 aromatic carbocycles. The fourth-order valence-corrected chi connectivity index (χ4v) is 10.8. The molecule has 4 aromatic rings. The van der Waals surface area contributed by atoms with Gasteiger partial charge in [-0.3, -0.25) is 43.6 Å². The van der Waals surface area contributed by atoms with Crippen LogP contribution in [0, 0.1) is 40.9 Å². The summed E-state index contributed by atoms with van der Waals surface area (Å²) in [6.45, 7) is 7.69. The maximum absolute atomic E-state index is 14.1. The number of alkyl halides is 9. The van der Waals surface area contributed by atoms with Crippen LogP contribution in [-0.2, 0) is 53.1 Å². The Balaban J connectivity index is 0.000000685. The average Bonchev–Trinajstić information content (AvgIpc) is 0.874. The molecule has 522 valence electrons. The van der Waals surface area contributed by atoms with Crippen LogP contribution in [0.5, 0.6) is 5.75 Å². The standard InChI is InChI=1S/C54H57F5N8O7S.3C2HF3O2/c1-3-17-66(18-4-2)52(71)36-21-34-13-14-35(23-40(34)64-42(60)24-36)51(70)63-38-22-37-29-65(19-15-39(37)62-26-38)27-30-5-9-32(10-6-30)50(69)61-16-20-75-41-25-43(68)67(53(41)72)28-31-7-11-33(12-8-31)54(73)74-49-47(58)45(56)44(55)46(57)48(49)59;3*3-2(4,5)1(6)7/h5-6,9-10,13-14,21-23,26,31,33,41H,3-4,7-8,11-12,15-20,24-25,27-29H2,1-2H3,(H2,60,64)(H,61,69)(H,63,70);3*(H,6,7). The number of rotatable bonds is 18. The minimum Gasteiger partial charge on any atom is -0.475 e. The number of benzene rings is 3. The Bertz CT molecular complexity index is 3530. The summed E-state index contributed by atoms with van der Waals surface area (Å²) in [6, 6.07) is 14.4. The maximum atomic E-state index is 14.1. The minimum absolute atomic E-state index is 0.00899. The van der Waals surface area contributed by atoms with Gasteiger partial charge in [0.2, 0.25) is 52.6 Å². The zero-order valence-corrected chi connectivity index (χ0v) is 51.3. The third-order valence-electron chi connectivity index (χ3n) is 14.4. The van der Waals surface area contributed by atoms with Crippen LogP contribution in [0.2, 0.25) is 0 Å². The molecule has 0 bridgehead atoms. The lowest BCUT2D eigenvalue weighted by Gasteiger charge is -2.29. The first-order valence-corrected chi connectivity index (χ1v) is 29.8. The molecule has 2 fully saturated rings. The first-order valence-electron chi connectivity index (χ1n) is 28.8. The molecule has 8 rings (SSSR count). The number of carbonyl (C=O) groups excluding carboxylic acids is 6. The highest BCUT2D eigenvalue weighted by Gasteiger charge is 2.42. The molecular formula is C60H60F14N8O13S. The second kappa shape index (κ2) is 33.9. The van der Waals surface area contributed by atoms with Gasteiger partial charge in [-0.05, 0) is 92.0 Å². The summed E-state index contributed by atoms with van der Waals surface area (Å²) < 4.78 is 168. The maximum Gasteiger partial charge on any atom is 0.490 e. The molecule has 1 aromatic heterocycles. The van der Waals surface area contributed by atoms with Crippen LogP contribution in [-0.4, -0.2) is 157 Å². The van der Waals surface area contributed by atoms with Crippen LogP contribution >= 0.6 is 11.8 Å². The molecule has 21 nitrogen and oxygen atoms in total. The number of hydrogen-bond acceptors (Lipinski definition) is 15. The number of nitrogens with one attached hydrogen (secondary N) is 2. The molecule has 0 spiro atoms. The summed E-state index contributed by atoms with van der Waals surface area (Å²) in [5.41, 5.74) is 12.4. The number of anilines is 1. The number of thioether (sulfide) groups is 1. The monoisotopic (exact) mass is 1400 g/mol. The number of nitrogens with zero attached hydrogens (tertiary/aromatic N) is 5. The third kappa shape index (κ3) is 21.9. The van der Waals surface area contributed by atoms with E-state index in [9.17, 15) is 90.2 Å². The summed E-state index contributed by atoms with van der Waals surface area (Å²) >= 11 is 1.26. The van der Waals surface area contributed by atoms with E-state index in [4.69, 9.17) is 35.4 Å². The Hall–Kier alpha value is -9.22. The fourth-order valence-electron chi connectivity index (χ4n) is 9.78. The number of amidine groups is 1. The first kappa shape index (κ1) is 77.5. The van der Waals surface area contributed by atoms with Gasteiger partial charge in [0.05, 0.1) is 28.7 Å². The summed E-state index contributed by atoms with van der Waals surface area (Å²) in [6.07, 6.45) is -8.17. The largest absolute Gasteiger partial charge is 0.490 e. The van der Waals surface area contributed by atoms with Crippen molar-refractivity contribution >= 4 is 88.5 Å². The Morgan fingerprint density at radius 1 is 0.740 bits per heavy atom. The van der Waals surface area contributed by atoms with E-state index < -0.39 is 88.4 Å². The zero-order valence-electron chi connectivity index (χ0n) is 50.5. The lowest BCUT2D eigenvalue weighted by atomic mass is 9.82. The highest BCUT2D eigenvalue weighted by atomic mass is 32.2. The summed E-state index contributed by atoms with van der Waals surface area (Å²) in [4.78, 5) is 120. The molecule has 1 unspecified atom stereocenters. The van der Waals surface area contributed by atoms with Crippen molar-refractivity contribution in [1.82, 2.24) is 25.0 Å². The number of aliphatic carboxylic acids is 3. The molecule has 96 heavy (non-hydrogen) atoms. The third-order valence-corrected chi connectivity index (χ3v) is 15.6. The Labute approximate surface area is 540 Å². The van der Waals surface area contributed by atoms with Gasteiger partial charge >= 0.3 is 42.4 Å². The number of aliphatic imine (C=N–C) groups is 1. The van der Waals surface area contributed by atoms with Crippen molar-refractivity contribution in [1.29, 1.82) is 0 Å². The zero-order chi connectivity index (χ0) is 71.7. The van der Waals surface area contributed by atoms with E-state index in [1.165, 1.54) is 16.7 Å². The molecule has 4 heterocycles. The molecule has 7 N–H and O–H groups in total. The van der Waals surface area contributed by atoms with Crippen molar-refractivity contribution in [2.24, 2.45) is 22.6 Å². The number of carboxylic acids is 3. The van der Waals surface area contributed by atoms with E-state index in [1.54, 1.807) is 36.5 Å². The lowest BCUT2D eigenvalue weighted by molar-refractivity contribution is -0.193. The lowest BCUT2D eigenvalue weighted by Crippen LogP contribution is -2.38. The van der Waals surface area contributed by atoms with Gasteiger partial charge in [-0.2, -0.15) is 48.3 Å². The van der Waals surface area contributed by atoms with Gasteiger partial charge in [0.15, 0.2) is 0 Å². The number of pyridine rings is 1. The van der Waals surface area contributed by atoms with Crippen LogP contribution in [0.4, 0.5) is 72.8 Å². The normalized spacial score (nSPS) is 17.0. The smallest absolute Gasteiger partial charge is 0.475 e. The van der Waals surface area contributed by atoms with Gasteiger partial charge in [0, 0.05) is 98.8 Å². The van der Waals surface area contributed by atoms with Crippen LogP contribution in [0.15, 0.2) is 65.3 Å². The van der Waals surface area contributed by atoms with E-state index in [-0.39, 0.29) is 74.2 Å². The van der Waals surface area contributed by atoms with E-state index in [1.807, 2.05) is 43.0 Å². The van der Waals surface area contributed by atoms with Crippen molar-refractivity contribution < 1.29 is 125 Å². The number of likely N-dealkylation sites (tertiary alicyclic amines) is 1. The molecule has 3 aliphatic heterocycles. The second-order valence-corrected chi connectivity index (χ2v) is 22.9. The van der Waals surface area contributed by atoms with E-state index in [0.717, 1.165) is 36.2 Å². The highest BCUT2D eigenvalue weighted by Crippen LogP contribution is 2.36. The van der Waals surface area contributed by atoms with Gasteiger partial charge in [-0.15, -0.1) is 11.8 Å². The van der Waals surface area contributed by atoms with Crippen LogP contribution in [0.25, 0.3) is 6.08 Å². The molecule has 0 radical (unpaired) electrons. The number of carbonyl (C=O) groups is 9. The van der Waals surface area contributed by atoms with E-state index in [2.05, 4.69) is 30.2 Å². The molecule has 1 saturated carbocycles. The molecule has 1 saturated heterocycles. The number of fused-ring (bicyclic) bond motifs is 2. The quantitative estimate of drug-likeness (QED) is 0.0103. The van der Waals surface area contributed by atoms with Crippen molar-refractivity contribution in [3.63, 3.8) is 0 Å². The SMILES string of the molecule is CCCN(CCC)C(=O)C1=Cc2ccc(C(=O)Nc3cnc4c(c3)CN(Cc3ccc(C(=O)NCCSC5CC(=O)N(CC6CCC(C(=O)Oc7c(F)c(F)c(F)c(F)c7F)CC6)C5=O)cc3)CC4)cc2N=C(N)C1.O=C(O)C(F)(F)F.O=C(O)C(F)(F)F.O=C(O)C(F)(F)F. The van der Waals surface area contributed by atoms with Gasteiger partial charge in [0.1, 0.15) is 5.84 Å². The van der Waals surface area contributed by atoms with Gasteiger partial charge in [0.25, 0.3) is 11.8 Å². The predicted octanol–water partition coefficient (Wildman–Crippen LogP) is 9.91. The van der Waals surface area contributed by atoms with Crippen molar-refractivity contribution in [3.8, 4) is 5.75 Å². The predicted molar refractivity (Wildman–Crippen MR) is 312 cm³/mol. The summed E-state index contributed by atoms with van der Waals surface area (Å²) in [5, 5.41) is 26.6. The Kier molecular flexibility index (Phi) is 27.4. The number of nitrogens with two attached hydrogens (primary N) is 1. The van der Waals surface area contributed by atoms with Crippen LogP contribution < -0.4 is 21.1 Å². The topological polar surface area (TPSA) is 309 Å². The van der Waals surface area contributed by atoms with Gasteiger partial charge < -0.3 is 41.3 Å². The molecule has 1 atom stereocenters. The average molecular weight is 1400 g/mol. The first-order chi connectivity index (χ1) is 44.8. The van der Waals surface area contributed by atoms with E-state index in [0.29, 0.717) is 90.7 Å². The van der Waals surface area contributed by atoms with Crippen LogP contribution in [0.3, 0.4) is 0 Å². The van der Waals surface area contributed by atoms with Crippen molar-refractivity contribution in [3.05, 3.63) is 123 Å². The number of ether oxygens (including phenoxy) is 1. The number of hydrogen-bond donors (Lipinski definition) is 6. The number of amides is 5. The second-order valence-electron chi connectivity index (χ2n) is 21.6. The molecule has 4 aliphatic rings. The Morgan fingerprint density at radius 2 is 1.28 bits per heavy atom. The molecule has 36 heteroatoms. The van der Waals surface area contributed by atoms with Crippen LogP contribution in [0.1, 0.15) is 108 Å². The summed E-state index contributed by atoms with van der Waals surface area (Å²) in [5.74, 6) is -24.2. The number of imide groups is 1. The minimum atomic E-state index is -5.08. The number of esters is 1. The number of halogens is 14. The Morgan fingerprint density at radius 3 is 1.82 bits per heavy atom. The molecular weight excluding hydrogens is 1340 g/mol. The van der Waals surface area contributed by atoms with Gasteiger partial charge in [-0.1, -0.05) is 32.0 Å². The van der Waals surface area contributed by atoms with Gasteiger partial charge in [-0.25, -0.2) is 32.5 Å². The van der Waals surface area contributed by atoms with E-state index >= 15 is 0 Å². The number of aromatic nitrogens is 1. The highest BCUT2D eigenvalue weighted by molar-refractivity contribution is 8.00. The fraction of sp³-hybridized carbons (Fsp3) is 0.417. The van der Waals surface area contributed by atoms with Crippen molar-refractivity contribution in [2.75, 3.05) is 43.8 Å². The molecule has 5 amide bonds. The molecule has 1 aliphatic carbocycles.